The molecule has 0 radical (unpaired) electrons. The molecule has 3 atom stereocenters. The molecule has 0 aromatic heterocycles. The van der Waals surface area contributed by atoms with Gasteiger partial charge in [0, 0.05) is 17.4 Å². The summed E-state index contributed by atoms with van der Waals surface area (Å²) in [6.07, 6.45) is 2.44. The van der Waals surface area contributed by atoms with Crippen LogP contribution in [0, 0.1) is 17.3 Å². The van der Waals surface area contributed by atoms with Gasteiger partial charge in [-0.05, 0) is 39.3 Å². The Morgan fingerprint density at radius 2 is 1.84 bits per heavy atom. The van der Waals surface area contributed by atoms with Crippen LogP contribution in [0.25, 0.3) is 0 Å². The van der Waals surface area contributed by atoms with Crippen LogP contribution < -0.4 is 10.6 Å². The molecule has 0 saturated heterocycles. The van der Waals surface area contributed by atoms with E-state index in [0.717, 1.165) is 19.3 Å². The number of aldehydes is 1. The quantitative estimate of drug-likeness (QED) is 0.630. The molecule has 0 spiro atoms. The Labute approximate surface area is 117 Å². The molecule has 2 N–H and O–H groups in total. The van der Waals surface area contributed by atoms with Gasteiger partial charge in [0.05, 0.1) is 0 Å². The summed E-state index contributed by atoms with van der Waals surface area (Å²) in [5.74, 6) is 0.474. The summed E-state index contributed by atoms with van der Waals surface area (Å²) >= 11 is 0. The Morgan fingerprint density at radius 3 is 2.32 bits per heavy atom. The number of rotatable bonds is 9. The molecule has 19 heavy (non-hydrogen) atoms. The summed E-state index contributed by atoms with van der Waals surface area (Å²) < 4.78 is 0. The first kappa shape index (κ1) is 18.1. The second kappa shape index (κ2) is 8.31. The van der Waals surface area contributed by atoms with Gasteiger partial charge < -0.3 is 15.4 Å². The van der Waals surface area contributed by atoms with Gasteiger partial charge in [0.2, 0.25) is 5.91 Å². The highest BCUT2D eigenvalue weighted by Gasteiger charge is 2.30. The van der Waals surface area contributed by atoms with E-state index in [4.69, 9.17) is 0 Å². The fourth-order valence-corrected chi connectivity index (χ4v) is 2.46. The van der Waals surface area contributed by atoms with Crippen LogP contribution >= 0.6 is 0 Å². The SMILES string of the molecule is CNCC(C)CC(C)NC(=O)C(C)(C)CC(C)C=O. The van der Waals surface area contributed by atoms with E-state index in [1.54, 1.807) is 0 Å². The summed E-state index contributed by atoms with van der Waals surface area (Å²) in [6.45, 7) is 10.8. The van der Waals surface area contributed by atoms with Gasteiger partial charge in [0.25, 0.3) is 0 Å². The van der Waals surface area contributed by atoms with Crippen LogP contribution in [0.2, 0.25) is 0 Å². The van der Waals surface area contributed by atoms with Crippen molar-refractivity contribution in [2.75, 3.05) is 13.6 Å². The Bertz CT molecular complexity index is 290. The second-order valence-corrected chi connectivity index (χ2v) is 6.47. The number of amides is 1. The Morgan fingerprint density at radius 1 is 1.26 bits per heavy atom. The van der Waals surface area contributed by atoms with Gasteiger partial charge in [-0.15, -0.1) is 0 Å². The van der Waals surface area contributed by atoms with E-state index in [0.29, 0.717) is 12.3 Å². The standard InChI is InChI=1S/C15H30N2O2/c1-11(9-16-6)7-13(3)17-14(19)15(4,5)8-12(2)10-18/h10-13,16H,7-9H2,1-6H3,(H,17,19). The van der Waals surface area contributed by atoms with Crippen molar-refractivity contribution in [1.82, 2.24) is 10.6 Å². The number of hydrogen-bond acceptors (Lipinski definition) is 3. The number of carbonyl (C=O) groups excluding carboxylic acids is 2. The third kappa shape index (κ3) is 7.31. The summed E-state index contributed by atoms with van der Waals surface area (Å²) in [4.78, 5) is 22.9. The van der Waals surface area contributed by atoms with Crippen LogP contribution in [0.3, 0.4) is 0 Å². The molecular formula is C15H30N2O2. The molecule has 0 aliphatic carbocycles. The maximum atomic E-state index is 12.2. The van der Waals surface area contributed by atoms with Crippen molar-refractivity contribution >= 4 is 12.2 Å². The molecular weight excluding hydrogens is 240 g/mol. The lowest BCUT2D eigenvalue weighted by Gasteiger charge is -2.28. The second-order valence-electron chi connectivity index (χ2n) is 6.47. The van der Waals surface area contributed by atoms with Crippen molar-refractivity contribution in [3.8, 4) is 0 Å². The maximum Gasteiger partial charge on any atom is 0.225 e. The molecule has 112 valence electrons. The van der Waals surface area contributed by atoms with Crippen molar-refractivity contribution < 1.29 is 9.59 Å². The molecule has 0 bridgehead atoms. The predicted molar refractivity (Wildman–Crippen MR) is 78.9 cm³/mol. The third-order valence-electron chi connectivity index (χ3n) is 3.37. The van der Waals surface area contributed by atoms with E-state index in [1.807, 2.05) is 34.7 Å². The fourth-order valence-electron chi connectivity index (χ4n) is 2.46. The van der Waals surface area contributed by atoms with Crippen LogP contribution in [0.4, 0.5) is 0 Å². The summed E-state index contributed by atoms with van der Waals surface area (Å²) in [5, 5.41) is 6.19. The van der Waals surface area contributed by atoms with Crippen LogP contribution in [0.5, 0.6) is 0 Å². The first-order valence-electron chi connectivity index (χ1n) is 7.13. The number of carbonyl (C=O) groups is 2. The van der Waals surface area contributed by atoms with E-state index in [1.165, 1.54) is 0 Å². The smallest absolute Gasteiger partial charge is 0.225 e. The lowest BCUT2D eigenvalue weighted by atomic mass is 9.82. The summed E-state index contributed by atoms with van der Waals surface area (Å²) in [7, 11) is 1.93. The first-order chi connectivity index (χ1) is 8.72. The van der Waals surface area contributed by atoms with Crippen LogP contribution in [0.15, 0.2) is 0 Å². The Kier molecular flexibility index (Phi) is 7.91. The van der Waals surface area contributed by atoms with Gasteiger partial charge in [-0.2, -0.15) is 0 Å². The van der Waals surface area contributed by atoms with Gasteiger partial charge in [-0.3, -0.25) is 4.79 Å². The first-order valence-corrected chi connectivity index (χ1v) is 7.13. The Hall–Kier alpha value is -0.900. The van der Waals surface area contributed by atoms with Crippen molar-refractivity contribution in [3.05, 3.63) is 0 Å². The molecule has 0 rings (SSSR count). The molecule has 1 amide bonds. The summed E-state index contributed by atoms with van der Waals surface area (Å²) in [6, 6.07) is 0.154. The zero-order chi connectivity index (χ0) is 15.1. The largest absolute Gasteiger partial charge is 0.353 e. The molecule has 0 aromatic carbocycles. The third-order valence-corrected chi connectivity index (χ3v) is 3.37. The average Bonchev–Trinajstić information content (AvgIpc) is 2.27. The minimum absolute atomic E-state index is 0.0327. The number of nitrogens with one attached hydrogen (secondary N) is 2. The highest BCUT2D eigenvalue weighted by molar-refractivity contribution is 5.82. The topological polar surface area (TPSA) is 58.2 Å². The highest BCUT2D eigenvalue weighted by Crippen LogP contribution is 2.25. The molecule has 0 aromatic rings. The van der Waals surface area contributed by atoms with Gasteiger partial charge >= 0.3 is 0 Å². The van der Waals surface area contributed by atoms with Crippen molar-refractivity contribution in [3.63, 3.8) is 0 Å². The van der Waals surface area contributed by atoms with E-state index < -0.39 is 5.41 Å². The molecule has 4 heteroatoms. The van der Waals surface area contributed by atoms with Gasteiger partial charge in [0.15, 0.2) is 0 Å². The maximum absolute atomic E-state index is 12.2. The molecule has 0 fully saturated rings. The average molecular weight is 270 g/mol. The molecule has 3 unspecified atom stereocenters. The van der Waals surface area contributed by atoms with E-state index in [2.05, 4.69) is 17.6 Å². The molecule has 0 saturated carbocycles. The lowest BCUT2D eigenvalue weighted by molar-refractivity contribution is -0.131. The Balaban J connectivity index is 4.30. The minimum Gasteiger partial charge on any atom is -0.353 e. The normalized spacial score (nSPS) is 16.5. The van der Waals surface area contributed by atoms with E-state index in [9.17, 15) is 9.59 Å². The van der Waals surface area contributed by atoms with Crippen LogP contribution in [-0.2, 0) is 9.59 Å². The minimum atomic E-state index is -0.499. The number of hydrogen-bond donors (Lipinski definition) is 2. The fraction of sp³-hybridized carbons (Fsp3) is 0.867. The van der Waals surface area contributed by atoms with Gasteiger partial charge in [0.1, 0.15) is 6.29 Å². The molecule has 0 heterocycles. The zero-order valence-corrected chi connectivity index (χ0v) is 13.2. The van der Waals surface area contributed by atoms with Crippen LogP contribution in [0.1, 0.15) is 47.5 Å². The van der Waals surface area contributed by atoms with Gasteiger partial charge in [-0.1, -0.05) is 27.7 Å². The van der Waals surface area contributed by atoms with Crippen LogP contribution in [-0.4, -0.2) is 31.8 Å². The summed E-state index contributed by atoms with van der Waals surface area (Å²) in [5.41, 5.74) is -0.499. The van der Waals surface area contributed by atoms with Crippen molar-refractivity contribution in [1.29, 1.82) is 0 Å². The molecule has 4 nitrogen and oxygen atoms in total. The van der Waals surface area contributed by atoms with E-state index in [-0.39, 0.29) is 17.9 Å². The van der Waals surface area contributed by atoms with Crippen molar-refractivity contribution in [2.45, 2.75) is 53.5 Å². The molecule has 0 aliphatic heterocycles. The predicted octanol–water partition coefficient (Wildman–Crippen LogP) is 1.99. The van der Waals surface area contributed by atoms with Crippen molar-refractivity contribution in [2.24, 2.45) is 17.3 Å². The van der Waals surface area contributed by atoms with Gasteiger partial charge in [-0.25, -0.2) is 0 Å². The van der Waals surface area contributed by atoms with E-state index >= 15 is 0 Å². The monoisotopic (exact) mass is 270 g/mol. The molecule has 0 aliphatic rings. The zero-order valence-electron chi connectivity index (χ0n) is 13.2. The lowest BCUT2D eigenvalue weighted by Crippen LogP contribution is -2.43. The highest BCUT2D eigenvalue weighted by atomic mass is 16.2.